The number of rotatable bonds is 4. The monoisotopic (exact) mass is 360 g/mol. The van der Waals surface area contributed by atoms with Crippen LogP contribution in [0.3, 0.4) is 0 Å². The van der Waals surface area contributed by atoms with Crippen molar-refractivity contribution in [3.05, 3.63) is 70.8 Å². The molecule has 1 fully saturated rings. The molecule has 0 radical (unpaired) electrons. The van der Waals surface area contributed by atoms with Gasteiger partial charge in [0, 0.05) is 16.2 Å². The number of nitrogens with zero attached hydrogens (tertiary/aromatic N) is 1. The molecule has 2 aromatic rings. The molecule has 1 aliphatic heterocycles. The summed E-state index contributed by atoms with van der Waals surface area (Å²) < 4.78 is 0. The number of hydrogen-bond donors (Lipinski definition) is 1. The van der Waals surface area contributed by atoms with Crippen molar-refractivity contribution < 1.29 is 0 Å². The zero-order valence-electron chi connectivity index (χ0n) is 15.3. The SMILES string of the molecule is CC1(C)CN=C(c2ccccc2CSc2cccc3c2C2CC2C=C3)N1. The number of thioether (sulfide) groups is 1. The zero-order valence-corrected chi connectivity index (χ0v) is 16.1. The molecule has 2 nitrogen and oxygen atoms in total. The van der Waals surface area contributed by atoms with Crippen molar-refractivity contribution in [1.29, 1.82) is 0 Å². The van der Waals surface area contributed by atoms with E-state index in [4.69, 9.17) is 4.99 Å². The van der Waals surface area contributed by atoms with E-state index in [1.807, 2.05) is 11.8 Å². The van der Waals surface area contributed by atoms with Gasteiger partial charge in [-0.2, -0.15) is 0 Å². The predicted molar refractivity (Wildman–Crippen MR) is 111 cm³/mol. The minimum atomic E-state index is 0.0570. The van der Waals surface area contributed by atoms with Crippen LogP contribution in [0.25, 0.3) is 6.08 Å². The van der Waals surface area contributed by atoms with Gasteiger partial charge in [0.15, 0.2) is 0 Å². The third kappa shape index (κ3) is 2.88. The summed E-state index contributed by atoms with van der Waals surface area (Å²) in [5.74, 6) is 3.58. The van der Waals surface area contributed by atoms with Crippen molar-refractivity contribution in [2.45, 2.75) is 42.4 Å². The Kier molecular flexibility index (Phi) is 3.75. The first-order valence-electron chi connectivity index (χ1n) is 9.45. The Morgan fingerprint density at radius 2 is 2.04 bits per heavy atom. The Morgan fingerprint density at radius 3 is 2.88 bits per heavy atom. The zero-order chi connectivity index (χ0) is 17.7. The van der Waals surface area contributed by atoms with E-state index in [2.05, 4.69) is 73.8 Å². The van der Waals surface area contributed by atoms with E-state index in [1.54, 1.807) is 5.56 Å². The summed E-state index contributed by atoms with van der Waals surface area (Å²) in [6.45, 7) is 5.25. The molecule has 2 unspecified atom stereocenters. The van der Waals surface area contributed by atoms with Crippen LogP contribution in [0.5, 0.6) is 0 Å². The summed E-state index contributed by atoms with van der Waals surface area (Å²) in [7, 11) is 0. The molecule has 3 aliphatic rings. The Bertz CT molecular complexity index is 926. The lowest BCUT2D eigenvalue weighted by atomic mass is 9.97. The summed E-state index contributed by atoms with van der Waals surface area (Å²) >= 11 is 1.97. The second-order valence-electron chi connectivity index (χ2n) is 8.24. The van der Waals surface area contributed by atoms with E-state index in [1.165, 1.54) is 28.0 Å². The van der Waals surface area contributed by atoms with Crippen LogP contribution in [0.1, 0.15) is 48.4 Å². The summed E-state index contributed by atoms with van der Waals surface area (Å²) in [6, 6.07) is 15.5. The standard InChI is InChI=1S/C23H24N2S/c1-23(2)14-24-22(25-23)18-8-4-3-6-17(18)13-26-20-9-5-7-15-10-11-16-12-19(16)21(15)20/h3-11,16,19H,12-14H2,1-2H3,(H,24,25). The first-order valence-corrected chi connectivity index (χ1v) is 10.4. The van der Waals surface area contributed by atoms with Gasteiger partial charge in [-0.3, -0.25) is 4.99 Å². The molecular formula is C23H24N2S. The van der Waals surface area contributed by atoms with Crippen LogP contribution in [0.2, 0.25) is 0 Å². The number of hydrogen-bond acceptors (Lipinski definition) is 3. The number of fused-ring (bicyclic) bond motifs is 3. The van der Waals surface area contributed by atoms with Gasteiger partial charge < -0.3 is 5.32 Å². The molecule has 2 aliphatic carbocycles. The maximum atomic E-state index is 4.75. The van der Waals surface area contributed by atoms with Gasteiger partial charge in [0.25, 0.3) is 0 Å². The van der Waals surface area contributed by atoms with Crippen molar-refractivity contribution in [2.75, 3.05) is 6.54 Å². The quantitative estimate of drug-likeness (QED) is 0.754. The molecule has 132 valence electrons. The number of amidine groups is 1. The summed E-state index contributed by atoms with van der Waals surface area (Å²) in [6.07, 6.45) is 6.04. The third-order valence-electron chi connectivity index (χ3n) is 5.58. The highest BCUT2D eigenvalue weighted by molar-refractivity contribution is 7.98. The Morgan fingerprint density at radius 1 is 1.15 bits per heavy atom. The fraction of sp³-hybridized carbons (Fsp3) is 0.348. The van der Waals surface area contributed by atoms with Crippen molar-refractivity contribution in [1.82, 2.24) is 5.32 Å². The van der Waals surface area contributed by atoms with Crippen molar-refractivity contribution in [3.8, 4) is 0 Å². The van der Waals surface area contributed by atoms with E-state index in [0.717, 1.165) is 30.0 Å². The number of benzene rings is 2. The maximum absolute atomic E-state index is 4.75. The molecule has 26 heavy (non-hydrogen) atoms. The van der Waals surface area contributed by atoms with Crippen LogP contribution < -0.4 is 5.32 Å². The molecule has 3 heteroatoms. The van der Waals surface area contributed by atoms with E-state index in [-0.39, 0.29) is 5.54 Å². The molecule has 0 aromatic heterocycles. The normalized spacial score (nSPS) is 24.5. The van der Waals surface area contributed by atoms with E-state index < -0.39 is 0 Å². The third-order valence-corrected chi connectivity index (χ3v) is 6.70. The average Bonchev–Trinajstić information content (AvgIpc) is 3.35. The summed E-state index contributed by atoms with van der Waals surface area (Å²) in [4.78, 5) is 6.20. The molecule has 0 saturated heterocycles. The smallest absolute Gasteiger partial charge is 0.129 e. The molecule has 2 atom stereocenters. The minimum Gasteiger partial charge on any atom is -0.363 e. The summed E-state index contributed by atoms with van der Waals surface area (Å²) in [5.41, 5.74) is 5.67. The van der Waals surface area contributed by atoms with Crippen molar-refractivity contribution >= 4 is 23.7 Å². The number of nitrogens with one attached hydrogen (secondary N) is 1. The van der Waals surface area contributed by atoms with E-state index in [9.17, 15) is 0 Å². The molecule has 1 heterocycles. The lowest BCUT2D eigenvalue weighted by Crippen LogP contribution is -2.40. The predicted octanol–water partition coefficient (Wildman–Crippen LogP) is 5.24. The lowest BCUT2D eigenvalue weighted by molar-refractivity contribution is 0.506. The first kappa shape index (κ1) is 16.2. The Balaban J connectivity index is 1.40. The molecular weight excluding hydrogens is 336 g/mol. The average molecular weight is 361 g/mol. The molecule has 0 amide bonds. The highest BCUT2D eigenvalue weighted by Gasteiger charge is 2.40. The van der Waals surface area contributed by atoms with Crippen LogP contribution in [0.15, 0.2) is 58.4 Å². The van der Waals surface area contributed by atoms with Crippen molar-refractivity contribution in [3.63, 3.8) is 0 Å². The van der Waals surface area contributed by atoms with Crippen LogP contribution in [-0.4, -0.2) is 17.9 Å². The van der Waals surface area contributed by atoms with Gasteiger partial charge in [0.05, 0.1) is 12.1 Å². The highest BCUT2D eigenvalue weighted by Crippen LogP contribution is 2.55. The Hall–Kier alpha value is -2.00. The second kappa shape index (κ2) is 6.02. The maximum Gasteiger partial charge on any atom is 0.129 e. The van der Waals surface area contributed by atoms with Gasteiger partial charge in [0.1, 0.15) is 5.84 Å². The number of aliphatic imine (C=N–C) groups is 1. The fourth-order valence-electron chi connectivity index (χ4n) is 4.08. The second-order valence-corrected chi connectivity index (χ2v) is 9.26. The molecule has 1 N–H and O–H groups in total. The summed E-state index contributed by atoms with van der Waals surface area (Å²) in [5, 5.41) is 3.58. The van der Waals surface area contributed by atoms with E-state index in [0.29, 0.717) is 0 Å². The van der Waals surface area contributed by atoms with Gasteiger partial charge in [-0.05, 0) is 54.9 Å². The topological polar surface area (TPSA) is 24.4 Å². The van der Waals surface area contributed by atoms with Gasteiger partial charge in [-0.25, -0.2) is 0 Å². The fourth-order valence-corrected chi connectivity index (χ4v) is 5.24. The van der Waals surface area contributed by atoms with Gasteiger partial charge >= 0.3 is 0 Å². The van der Waals surface area contributed by atoms with Gasteiger partial charge in [-0.1, -0.05) is 48.6 Å². The van der Waals surface area contributed by atoms with Crippen LogP contribution in [0.4, 0.5) is 0 Å². The molecule has 5 rings (SSSR count). The highest BCUT2D eigenvalue weighted by atomic mass is 32.2. The molecule has 1 saturated carbocycles. The minimum absolute atomic E-state index is 0.0570. The number of allylic oxidation sites excluding steroid dienone is 1. The largest absolute Gasteiger partial charge is 0.363 e. The first-order chi connectivity index (χ1) is 12.6. The Labute approximate surface area is 159 Å². The molecule has 0 bridgehead atoms. The van der Waals surface area contributed by atoms with Crippen LogP contribution >= 0.6 is 11.8 Å². The van der Waals surface area contributed by atoms with Crippen LogP contribution in [-0.2, 0) is 5.75 Å². The van der Waals surface area contributed by atoms with Crippen molar-refractivity contribution in [2.24, 2.45) is 10.9 Å². The lowest BCUT2D eigenvalue weighted by Gasteiger charge is -2.19. The van der Waals surface area contributed by atoms with Gasteiger partial charge in [-0.15, -0.1) is 11.8 Å². The van der Waals surface area contributed by atoms with Gasteiger partial charge in [0.2, 0.25) is 0 Å². The van der Waals surface area contributed by atoms with Crippen LogP contribution in [0, 0.1) is 5.92 Å². The van der Waals surface area contributed by atoms with E-state index >= 15 is 0 Å². The molecule has 2 aromatic carbocycles. The molecule has 0 spiro atoms.